The van der Waals surface area contributed by atoms with Gasteiger partial charge in [0, 0.05) is 11.5 Å². The summed E-state index contributed by atoms with van der Waals surface area (Å²) in [6, 6.07) is 8.45. The topological polar surface area (TPSA) is 71.8 Å². The Hall–Kier alpha value is -2.08. The molecule has 6 heteroatoms. The van der Waals surface area contributed by atoms with E-state index in [0.29, 0.717) is 10.5 Å². The van der Waals surface area contributed by atoms with Crippen molar-refractivity contribution in [1.82, 2.24) is 9.97 Å². The molecule has 1 aromatic heterocycles. The first-order valence-corrected chi connectivity index (χ1v) is 5.36. The molecule has 0 unspecified atom stereocenters. The Balaban J connectivity index is 2.51. The molecule has 0 spiro atoms. The number of aromatic amines is 1. The van der Waals surface area contributed by atoms with E-state index in [-0.39, 0.29) is 10.6 Å². The van der Waals surface area contributed by atoms with Crippen molar-refractivity contribution in [3.8, 4) is 0 Å². The number of nitrogens with zero attached hydrogens (tertiary/aromatic N) is 2. The van der Waals surface area contributed by atoms with Crippen LogP contribution in [-0.4, -0.2) is 14.9 Å². The molecule has 2 aromatic carbocycles. The van der Waals surface area contributed by atoms with Crippen LogP contribution in [0.3, 0.4) is 0 Å². The summed E-state index contributed by atoms with van der Waals surface area (Å²) in [6.45, 7) is 0. The second-order valence-electron chi connectivity index (χ2n) is 3.65. The van der Waals surface area contributed by atoms with Crippen molar-refractivity contribution in [3.05, 3.63) is 40.4 Å². The molecule has 0 aliphatic carbocycles. The first kappa shape index (κ1) is 10.1. The SMILES string of the molecule is O=[N+]([O-])c1cccc2c1ccc1nc(S)[nH]c12. The van der Waals surface area contributed by atoms with Crippen LogP contribution in [0.4, 0.5) is 5.69 Å². The lowest BCUT2D eigenvalue weighted by Crippen LogP contribution is -1.89. The number of benzene rings is 2. The molecule has 0 aliphatic heterocycles. The van der Waals surface area contributed by atoms with E-state index >= 15 is 0 Å². The summed E-state index contributed by atoms with van der Waals surface area (Å²) in [6.07, 6.45) is 0. The molecule has 0 bridgehead atoms. The number of nitro groups is 1. The standard InChI is InChI=1S/C11H7N3O2S/c15-14(16)9-3-1-2-7-6(9)4-5-8-10(7)13-11(17)12-8/h1-5H,(H2,12,13,17). The van der Waals surface area contributed by atoms with Crippen LogP contribution in [0.2, 0.25) is 0 Å². The van der Waals surface area contributed by atoms with E-state index in [1.165, 1.54) is 6.07 Å². The van der Waals surface area contributed by atoms with E-state index in [2.05, 4.69) is 22.6 Å². The fourth-order valence-corrected chi connectivity index (χ4v) is 2.19. The summed E-state index contributed by atoms with van der Waals surface area (Å²) in [5.74, 6) is 0. The van der Waals surface area contributed by atoms with E-state index < -0.39 is 0 Å². The van der Waals surface area contributed by atoms with Gasteiger partial charge in [-0.05, 0) is 12.1 Å². The molecule has 17 heavy (non-hydrogen) atoms. The van der Waals surface area contributed by atoms with Crippen molar-refractivity contribution < 1.29 is 4.92 Å². The highest BCUT2D eigenvalue weighted by Gasteiger charge is 2.13. The minimum atomic E-state index is -0.383. The average Bonchev–Trinajstić information content (AvgIpc) is 2.68. The monoisotopic (exact) mass is 245 g/mol. The Morgan fingerprint density at radius 2 is 2.06 bits per heavy atom. The smallest absolute Gasteiger partial charge is 0.277 e. The quantitative estimate of drug-likeness (QED) is 0.393. The van der Waals surface area contributed by atoms with Gasteiger partial charge in [0.25, 0.3) is 5.69 Å². The second kappa shape index (κ2) is 3.46. The highest BCUT2D eigenvalue weighted by molar-refractivity contribution is 7.80. The lowest BCUT2D eigenvalue weighted by molar-refractivity contribution is -0.383. The maximum Gasteiger partial charge on any atom is 0.277 e. The van der Waals surface area contributed by atoms with Crippen LogP contribution in [0.5, 0.6) is 0 Å². The summed E-state index contributed by atoms with van der Waals surface area (Å²) in [5, 5.41) is 12.8. The van der Waals surface area contributed by atoms with Crippen LogP contribution in [-0.2, 0) is 0 Å². The average molecular weight is 245 g/mol. The van der Waals surface area contributed by atoms with Crippen molar-refractivity contribution in [2.45, 2.75) is 5.16 Å². The number of fused-ring (bicyclic) bond motifs is 3. The number of non-ortho nitro benzene ring substituents is 1. The van der Waals surface area contributed by atoms with E-state index in [1.54, 1.807) is 18.2 Å². The number of hydrogen-bond donors (Lipinski definition) is 2. The molecule has 0 radical (unpaired) electrons. The summed E-state index contributed by atoms with van der Waals surface area (Å²) in [5.41, 5.74) is 1.62. The van der Waals surface area contributed by atoms with E-state index in [4.69, 9.17) is 0 Å². The predicted molar refractivity (Wildman–Crippen MR) is 67.5 cm³/mol. The first-order valence-electron chi connectivity index (χ1n) is 4.91. The predicted octanol–water partition coefficient (Wildman–Crippen LogP) is 2.91. The van der Waals surface area contributed by atoms with E-state index in [9.17, 15) is 10.1 Å². The number of imidazole rings is 1. The fraction of sp³-hybridized carbons (Fsp3) is 0. The number of aromatic nitrogens is 2. The van der Waals surface area contributed by atoms with Gasteiger partial charge in [0.1, 0.15) is 0 Å². The molecule has 3 aromatic rings. The minimum absolute atomic E-state index is 0.0970. The lowest BCUT2D eigenvalue weighted by Gasteiger charge is -1.99. The Morgan fingerprint density at radius 1 is 1.24 bits per heavy atom. The van der Waals surface area contributed by atoms with Gasteiger partial charge in [0.15, 0.2) is 5.16 Å². The molecule has 0 amide bonds. The third-order valence-electron chi connectivity index (χ3n) is 2.68. The summed E-state index contributed by atoms with van der Waals surface area (Å²) < 4.78 is 0. The summed E-state index contributed by atoms with van der Waals surface area (Å²) in [4.78, 5) is 17.7. The zero-order valence-electron chi connectivity index (χ0n) is 8.54. The van der Waals surface area contributed by atoms with E-state index in [1.807, 2.05) is 6.07 Å². The van der Waals surface area contributed by atoms with Gasteiger partial charge >= 0.3 is 0 Å². The van der Waals surface area contributed by atoms with Crippen LogP contribution in [0.15, 0.2) is 35.5 Å². The Morgan fingerprint density at radius 3 is 2.82 bits per heavy atom. The van der Waals surface area contributed by atoms with Crippen LogP contribution in [0.1, 0.15) is 0 Å². The number of nitro benzene ring substituents is 1. The van der Waals surface area contributed by atoms with Crippen molar-refractivity contribution in [3.63, 3.8) is 0 Å². The van der Waals surface area contributed by atoms with Crippen LogP contribution < -0.4 is 0 Å². The normalized spacial score (nSPS) is 11.1. The van der Waals surface area contributed by atoms with Gasteiger partial charge in [-0.1, -0.05) is 12.1 Å². The molecule has 84 valence electrons. The summed E-state index contributed by atoms with van der Waals surface area (Å²) >= 11 is 4.13. The molecule has 0 saturated heterocycles. The third kappa shape index (κ3) is 1.45. The fourth-order valence-electron chi connectivity index (χ4n) is 1.97. The zero-order chi connectivity index (χ0) is 12.0. The first-order chi connectivity index (χ1) is 8.16. The van der Waals surface area contributed by atoms with E-state index in [0.717, 1.165) is 16.4 Å². The third-order valence-corrected chi connectivity index (χ3v) is 2.89. The molecule has 1 heterocycles. The van der Waals surface area contributed by atoms with Gasteiger partial charge in [-0.3, -0.25) is 10.1 Å². The van der Waals surface area contributed by atoms with Crippen molar-refractivity contribution in [2.24, 2.45) is 0 Å². The van der Waals surface area contributed by atoms with Crippen molar-refractivity contribution in [2.75, 3.05) is 0 Å². The molecule has 5 nitrogen and oxygen atoms in total. The number of thiol groups is 1. The number of H-pyrrole nitrogens is 1. The highest BCUT2D eigenvalue weighted by atomic mass is 32.1. The molecule has 0 saturated carbocycles. The van der Waals surface area contributed by atoms with Gasteiger partial charge in [-0.2, -0.15) is 0 Å². The molecule has 3 rings (SSSR count). The largest absolute Gasteiger partial charge is 0.333 e. The van der Waals surface area contributed by atoms with Gasteiger partial charge in [0.2, 0.25) is 0 Å². The van der Waals surface area contributed by atoms with Gasteiger partial charge in [-0.15, -0.1) is 12.6 Å². The lowest BCUT2D eigenvalue weighted by atomic mass is 10.1. The Labute approximate surface area is 101 Å². The minimum Gasteiger partial charge on any atom is -0.333 e. The van der Waals surface area contributed by atoms with Crippen molar-refractivity contribution >= 4 is 40.1 Å². The van der Waals surface area contributed by atoms with Crippen molar-refractivity contribution in [1.29, 1.82) is 0 Å². The van der Waals surface area contributed by atoms with Gasteiger partial charge in [-0.25, -0.2) is 4.98 Å². The zero-order valence-corrected chi connectivity index (χ0v) is 9.44. The molecule has 0 atom stereocenters. The molecule has 0 fully saturated rings. The van der Waals surface area contributed by atoms with Gasteiger partial charge < -0.3 is 4.98 Å². The summed E-state index contributed by atoms with van der Waals surface area (Å²) in [7, 11) is 0. The van der Waals surface area contributed by atoms with Gasteiger partial charge in [0.05, 0.1) is 21.3 Å². The second-order valence-corrected chi connectivity index (χ2v) is 4.07. The Kier molecular flexibility index (Phi) is 2.05. The van der Waals surface area contributed by atoms with Crippen LogP contribution in [0.25, 0.3) is 21.8 Å². The number of rotatable bonds is 1. The molecular formula is C11H7N3O2S. The number of nitrogens with one attached hydrogen (secondary N) is 1. The highest BCUT2D eigenvalue weighted by Crippen LogP contribution is 2.30. The maximum absolute atomic E-state index is 10.9. The number of hydrogen-bond acceptors (Lipinski definition) is 4. The van der Waals surface area contributed by atoms with Crippen LogP contribution in [0, 0.1) is 10.1 Å². The molecule has 0 aliphatic rings. The Bertz CT molecular complexity index is 751. The maximum atomic E-state index is 10.9. The molecule has 1 N–H and O–H groups in total. The molecular weight excluding hydrogens is 238 g/mol. The van der Waals surface area contributed by atoms with Crippen LogP contribution >= 0.6 is 12.6 Å².